The summed E-state index contributed by atoms with van der Waals surface area (Å²) in [6, 6.07) is 14.8. The van der Waals surface area contributed by atoms with Gasteiger partial charge in [-0.3, -0.25) is 0 Å². The lowest BCUT2D eigenvalue weighted by Crippen LogP contribution is -2.37. The number of aliphatic hydroxyl groups excluding tert-OH is 1. The normalized spacial score (nSPS) is 10.1. The van der Waals surface area contributed by atoms with E-state index in [1.54, 1.807) is 18.3 Å². The van der Waals surface area contributed by atoms with E-state index in [4.69, 9.17) is 14.6 Å². The summed E-state index contributed by atoms with van der Waals surface area (Å²) in [5.41, 5.74) is 0.912. The Bertz CT molecular complexity index is 578. The Morgan fingerprint density at radius 1 is 1.09 bits per heavy atom. The molecule has 0 radical (unpaired) electrons. The molecule has 1 heterocycles. The molecule has 0 saturated heterocycles. The Labute approximate surface area is 135 Å². The molecule has 23 heavy (non-hydrogen) atoms. The minimum absolute atomic E-state index is 0.135. The van der Waals surface area contributed by atoms with Crippen molar-refractivity contribution in [1.29, 1.82) is 0 Å². The second-order valence-electron chi connectivity index (χ2n) is 4.77. The third-order valence-electron chi connectivity index (χ3n) is 3.08. The number of hydrogen-bond acceptors (Lipinski definition) is 5. The summed E-state index contributed by atoms with van der Waals surface area (Å²) in [6.07, 6.45) is 1.15. The van der Waals surface area contributed by atoms with Crippen molar-refractivity contribution >= 4 is 6.09 Å². The van der Waals surface area contributed by atoms with Crippen LogP contribution in [0.5, 0.6) is 5.88 Å². The third-order valence-corrected chi connectivity index (χ3v) is 3.08. The van der Waals surface area contributed by atoms with E-state index in [-0.39, 0.29) is 26.4 Å². The number of aliphatic hydroxyl groups is 1. The summed E-state index contributed by atoms with van der Waals surface area (Å²) in [5.74, 6) is 0.495. The van der Waals surface area contributed by atoms with E-state index in [1.165, 1.54) is 4.90 Å². The lowest BCUT2D eigenvalue weighted by Gasteiger charge is -2.21. The molecule has 1 aromatic heterocycles. The van der Waals surface area contributed by atoms with Gasteiger partial charge < -0.3 is 19.5 Å². The zero-order valence-electron chi connectivity index (χ0n) is 12.8. The SMILES string of the molecule is O=C(OCc1ccccc1)N(CCO)CCOc1ccccn1. The minimum Gasteiger partial charge on any atom is -0.476 e. The van der Waals surface area contributed by atoms with Crippen molar-refractivity contribution in [2.45, 2.75) is 6.61 Å². The van der Waals surface area contributed by atoms with Gasteiger partial charge >= 0.3 is 6.09 Å². The molecule has 0 aliphatic heterocycles. The molecule has 0 bridgehead atoms. The highest BCUT2D eigenvalue weighted by molar-refractivity contribution is 5.67. The fourth-order valence-corrected chi connectivity index (χ4v) is 1.92. The van der Waals surface area contributed by atoms with Crippen molar-refractivity contribution < 1.29 is 19.4 Å². The summed E-state index contributed by atoms with van der Waals surface area (Å²) < 4.78 is 10.7. The van der Waals surface area contributed by atoms with Crippen LogP contribution in [0.1, 0.15) is 5.56 Å². The molecule has 6 nitrogen and oxygen atoms in total. The number of carbonyl (C=O) groups excluding carboxylic acids is 1. The fraction of sp³-hybridized carbons (Fsp3) is 0.294. The first kappa shape index (κ1) is 16.8. The fourth-order valence-electron chi connectivity index (χ4n) is 1.92. The van der Waals surface area contributed by atoms with Crippen LogP contribution in [-0.4, -0.2) is 47.4 Å². The van der Waals surface area contributed by atoms with Crippen LogP contribution in [-0.2, 0) is 11.3 Å². The van der Waals surface area contributed by atoms with Crippen LogP contribution in [0.2, 0.25) is 0 Å². The van der Waals surface area contributed by atoms with Crippen molar-refractivity contribution in [1.82, 2.24) is 9.88 Å². The molecular formula is C17H20N2O4. The van der Waals surface area contributed by atoms with Gasteiger partial charge in [0.15, 0.2) is 0 Å². The second-order valence-corrected chi connectivity index (χ2v) is 4.77. The van der Waals surface area contributed by atoms with E-state index < -0.39 is 6.09 Å². The van der Waals surface area contributed by atoms with E-state index in [0.29, 0.717) is 12.4 Å². The van der Waals surface area contributed by atoms with Crippen molar-refractivity contribution in [2.24, 2.45) is 0 Å². The van der Waals surface area contributed by atoms with E-state index in [0.717, 1.165) is 5.56 Å². The Morgan fingerprint density at radius 3 is 2.57 bits per heavy atom. The number of benzene rings is 1. The van der Waals surface area contributed by atoms with Crippen molar-refractivity contribution in [3.8, 4) is 5.88 Å². The molecule has 2 aromatic rings. The van der Waals surface area contributed by atoms with Crippen LogP contribution in [0.25, 0.3) is 0 Å². The summed E-state index contributed by atoms with van der Waals surface area (Å²) in [7, 11) is 0. The first-order chi connectivity index (χ1) is 11.3. The highest BCUT2D eigenvalue weighted by Crippen LogP contribution is 2.05. The molecule has 2 rings (SSSR count). The second kappa shape index (κ2) is 9.42. The molecule has 1 aromatic carbocycles. The molecule has 0 aliphatic carbocycles. The number of aromatic nitrogens is 1. The van der Waals surface area contributed by atoms with Gasteiger partial charge in [0.25, 0.3) is 0 Å². The number of pyridine rings is 1. The maximum absolute atomic E-state index is 12.1. The van der Waals surface area contributed by atoms with Crippen LogP contribution < -0.4 is 4.74 Å². The Hall–Kier alpha value is -2.60. The van der Waals surface area contributed by atoms with Gasteiger partial charge in [0.2, 0.25) is 5.88 Å². The zero-order chi connectivity index (χ0) is 16.3. The van der Waals surface area contributed by atoms with Crippen LogP contribution in [0, 0.1) is 0 Å². The number of hydrogen-bond donors (Lipinski definition) is 1. The largest absolute Gasteiger partial charge is 0.476 e. The summed E-state index contributed by atoms with van der Waals surface area (Å²) in [4.78, 5) is 17.5. The lowest BCUT2D eigenvalue weighted by atomic mass is 10.2. The predicted molar refractivity (Wildman–Crippen MR) is 85.0 cm³/mol. The smallest absolute Gasteiger partial charge is 0.410 e. The summed E-state index contributed by atoms with van der Waals surface area (Å²) >= 11 is 0. The molecular weight excluding hydrogens is 296 g/mol. The van der Waals surface area contributed by atoms with Gasteiger partial charge in [-0.1, -0.05) is 36.4 Å². The number of ether oxygens (including phenoxy) is 2. The molecule has 1 amide bonds. The van der Waals surface area contributed by atoms with E-state index in [2.05, 4.69) is 4.98 Å². The number of nitrogens with zero attached hydrogens (tertiary/aromatic N) is 2. The monoisotopic (exact) mass is 316 g/mol. The Kier molecular flexibility index (Phi) is 6.87. The van der Waals surface area contributed by atoms with Gasteiger partial charge in [0, 0.05) is 18.8 Å². The summed E-state index contributed by atoms with van der Waals surface area (Å²) in [6.45, 7) is 0.841. The highest BCUT2D eigenvalue weighted by atomic mass is 16.6. The van der Waals surface area contributed by atoms with Gasteiger partial charge in [-0.15, -0.1) is 0 Å². The average Bonchev–Trinajstić information content (AvgIpc) is 2.61. The summed E-state index contributed by atoms with van der Waals surface area (Å²) in [5, 5.41) is 9.08. The molecule has 0 unspecified atom stereocenters. The van der Waals surface area contributed by atoms with Crippen LogP contribution in [0.4, 0.5) is 4.79 Å². The van der Waals surface area contributed by atoms with Gasteiger partial charge in [0.05, 0.1) is 13.2 Å². The molecule has 0 aliphatic rings. The standard InChI is InChI=1S/C17H20N2O4/c20-12-10-19(11-13-22-16-8-4-5-9-18-16)17(21)23-14-15-6-2-1-3-7-15/h1-9,20H,10-14H2. The maximum Gasteiger partial charge on any atom is 0.410 e. The third kappa shape index (κ3) is 5.96. The Morgan fingerprint density at radius 2 is 1.87 bits per heavy atom. The molecule has 0 spiro atoms. The molecule has 0 saturated carbocycles. The minimum atomic E-state index is -0.479. The van der Waals surface area contributed by atoms with E-state index in [1.807, 2.05) is 36.4 Å². The zero-order valence-corrected chi connectivity index (χ0v) is 12.8. The highest BCUT2D eigenvalue weighted by Gasteiger charge is 2.14. The first-order valence-electron chi connectivity index (χ1n) is 7.40. The molecule has 0 fully saturated rings. The predicted octanol–water partition coefficient (Wildman–Crippen LogP) is 2.09. The van der Waals surface area contributed by atoms with Crippen LogP contribution >= 0.6 is 0 Å². The van der Waals surface area contributed by atoms with Crippen molar-refractivity contribution in [2.75, 3.05) is 26.3 Å². The number of amides is 1. The molecule has 1 N–H and O–H groups in total. The molecule has 122 valence electrons. The van der Waals surface area contributed by atoms with Gasteiger partial charge in [-0.2, -0.15) is 0 Å². The molecule has 6 heteroatoms. The first-order valence-corrected chi connectivity index (χ1v) is 7.40. The van der Waals surface area contributed by atoms with Crippen LogP contribution in [0.15, 0.2) is 54.7 Å². The van der Waals surface area contributed by atoms with Crippen molar-refractivity contribution in [3.05, 3.63) is 60.3 Å². The number of carbonyl (C=O) groups is 1. The Balaban J connectivity index is 1.78. The topological polar surface area (TPSA) is 71.9 Å². The van der Waals surface area contributed by atoms with Crippen molar-refractivity contribution in [3.63, 3.8) is 0 Å². The van der Waals surface area contributed by atoms with Crippen LogP contribution in [0.3, 0.4) is 0 Å². The number of rotatable bonds is 8. The van der Waals surface area contributed by atoms with E-state index in [9.17, 15) is 4.79 Å². The van der Waals surface area contributed by atoms with E-state index >= 15 is 0 Å². The van der Waals surface area contributed by atoms with Gasteiger partial charge in [0.1, 0.15) is 13.2 Å². The van der Waals surface area contributed by atoms with Gasteiger partial charge in [-0.05, 0) is 11.6 Å². The molecule has 0 atom stereocenters. The average molecular weight is 316 g/mol. The van der Waals surface area contributed by atoms with Gasteiger partial charge in [-0.25, -0.2) is 9.78 Å². The lowest BCUT2D eigenvalue weighted by molar-refractivity contribution is 0.0823. The quantitative estimate of drug-likeness (QED) is 0.807. The maximum atomic E-state index is 12.1.